The highest BCUT2D eigenvalue weighted by molar-refractivity contribution is 7.14. The topological polar surface area (TPSA) is 193 Å². The molecule has 53 heavy (non-hydrogen) atoms. The number of hydrogen-bond donors (Lipinski definition) is 3. The lowest BCUT2D eigenvalue weighted by Gasteiger charge is -2.23. The van der Waals surface area contributed by atoms with E-state index in [-0.39, 0.29) is 22.1 Å². The van der Waals surface area contributed by atoms with Crippen LogP contribution in [-0.2, 0) is 42.2 Å². The van der Waals surface area contributed by atoms with Crippen LogP contribution in [0.15, 0.2) is 41.1 Å². The molecular weight excluding hydrogens is 715 g/mol. The Balaban J connectivity index is 1.71. The van der Waals surface area contributed by atoms with Gasteiger partial charge in [-0.05, 0) is 80.9 Å². The first-order valence-corrected chi connectivity index (χ1v) is 17.5. The van der Waals surface area contributed by atoms with Gasteiger partial charge in [-0.2, -0.15) is 4.68 Å². The number of benzene rings is 1. The number of carbonyl (C=O) groups is 4. The molecular formula is C35H48FN6O10S+. The van der Waals surface area contributed by atoms with Crippen molar-refractivity contribution in [3.63, 3.8) is 0 Å². The molecule has 2 heterocycles. The summed E-state index contributed by atoms with van der Waals surface area (Å²) in [5.41, 5.74) is -2.24. The number of hydrogen-bond acceptors (Lipinski definition) is 12. The van der Waals surface area contributed by atoms with Crippen LogP contribution in [0, 0.1) is 5.82 Å². The van der Waals surface area contributed by atoms with Crippen LogP contribution in [-0.4, -0.2) is 80.7 Å². The van der Waals surface area contributed by atoms with E-state index in [1.54, 1.807) is 79.4 Å². The van der Waals surface area contributed by atoms with Gasteiger partial charge in [0.05, 0.1) is 18.3 Å². The number of carbonyl (C=O) groups excluding carboxylic acids is 3. The molecule has 1 atom stereocenters. The van der Waals surface area contributed by atoms with Crippen molar-refractivity contribution in [1.82, 2.24) is 15.0 Å². The Morgan fingerprint density at radius 2 is 1.64 bits per heavy atom. The average molecular weight is 764 g/mol. The number of aromatic nitrogens is 3. The fourth-order valence-electron chi connectivity index (χ4n) is 4.31. The molecule has 3 rings (SSSR count). The molecule has 0 aliphatic rings. The van der Waals surface area contributed by atoms with E-state index in [1.165, 1.54) is 17.5 Å². The number of aryl methyl sites for hydroxylation is 2. The number of aliphatic carboxylic acids is 1. The van der Waals surface area contributed by atoms with Gasteiger partial charge in [0, 0.05) is 23.6 Å². The van der Waals surface area contributed by atoms with Crippen LogP contribution >= 0.6 is 11.3 Å². The van der Waals surface area contributed by atoms with E-state index in [0.717, 1.165) is 17.4 Å². The number of nitrogens with zero attached hydrogens (tertiary/aromatic N) is 4. The maximum Gasteiger partial charge on any atom is 0.413 e. The van der Waals surface area contributed by atoms with Gasteiger partial charge in [-0.1, -0.05) is 5.16 Å². The number of carboxylic acid groups (broad SMARTS) is 1. The van der Waals surface area contributed by atoms with Crippen LogP contribution in [0.5, 0.6) is 5.75 Å². The summed E-state index contributed by atoms with van der Waals surface area (Å²) >= 11 is 0.920. The van der Waals surface area contributed by atoms with E-state index in [0.29, 0.717) is 25.1 Å². The van der Waals surface area contributed by atoms with E-state index in [4.69, 9.17) is 23.8 Å². The van der Waals surface area contributed by atoms with Crippen molar-refractivity contribution in [2.24, 2.45) is 12.2 Å². The van der Waals surface area contributed by atoms with Crippen LogP contribution in [0.3, 0.4) is 0 Å². The summed E-state index contributed by atoms with van der Waals surface area (Å²) in [4.78, 5) is 58.5. The maximum atomic E-state index is 15.4. The Morgan fingerprint density at radius 1 is 1.00 bits per heavy atom. The third-order valence-electron chi connectivity index (χ3n) is 6.40. The highest BCUT2D eigenvalue weighted by atomic mass is 32.1. The molecule has 16 nitrogen and oxygen atoms in total. The number of rotatable bonds is 14. The lowest BCUT2D eigenvalue weighted by Crippen LogP contribution is -2.39. The average Bonchev–Trinajstić information content (AvgIpc) is 3.59. The maximum absolute atomic E-state index is 15.4. The summed E-state index contributed by atoms with van der Waals surface area (Å²) in [5.74, 6) is -2.99. The zero-order valence-corrected chi connectivity index (χ0v) is 32.4. The van der Waals surface area contributed by atoms with Gasteiger partial charge in [0.1, 0.15) is 40.7 Å². The van der Waals surface area contributed by atoms with Crippen molar-refractivity contribution in [2.75, 3.05) is 18.5 Å². The fourth-order valence-corrected chi connectivity index (χ4v) is 4.99. The number of halogens is 1. The van der Waals surface area contributed by atoms with E-state index in [1.807, 2.05) is 11.7 Å². The normalized spacial score (nSPS) is 12.8. The molecule has 3 N–H and O–H groups in total. The van der Waals surface area contributed by atoms with Crippen molar-refractivity contribution >= 4 is 46.3 Å². The molecule has 2 amide bonds. The minimum Gasteiger partial charge on any atom is -0.489 e. The predicted octanol–water partition coefficient (Wildman–Crippen LogP) is 5.43. The third kappa shape index (κ3) is 14.4. The van der Waals surface area contributed by atoms with Crippen LogP contribution in [0.1, 0.15) is 74.4 Å². The number of alkyl carbamates (subject to hydrolysis) is 1. The molecule has 0 saturated carbocycles. The lowest BCUT2D eigenvalue weighted by atomic mass is 10.1. The highest BCUT2D eigenvalue weighted by Gasteiger charge is 2.30. The molecule has 0 fully saturated rings. The van der Waals surface area contributed by atoms with Gasteiger partial charge in [0.25, 0.3) is 6.10 Å². The zero-order valence-electron chi connectivity index (χ0n) is 31.6. The predicted molar refractivity (Wildman–Crippen MR) is 192 cm³/mol. The summed E-state index contributed by atoms with van der Waals surface area (Å²) in [7, 11) is 1.81. The number of anilines is 1. The van der Waals surface area contributed by atoms with Gasteiger partial charge in [0.2, 0.25) is 11.9 Å². The Kier molecular flexibility index (Phi) is 13.9. The van der Waals surface area contributed by atoms with Crippen molar-refractivity contribution in [3.8, 4) is 16.9 Å². The molecule has 0 radical (unpaired) electrons. The van der Waals surface area contributed by atoms with Crippen LogP contribution in [0.25, 0.3) is 11.1 Å². The van der Waals surface area contributed by atoms with Crippen LogP contribution in [0.4, 0.5) is 19.1 Å². The summed E-state index contributed by atoms with van der Waals surface area (Å²) in [6.07, 6.45) is 1.28. The van der Waals surface area contributed by atoms with Crippen molar-refractivity contribution in [1.29, 1.82) is 0 Å². The number of oxime groups is 1. The largest absolute Gasteiger partial charge is 0.489 e. The van der Waals surface area contributed by atoms with E-state index in [9.17, 15) is 24.3 Å². The first kappa shape index (κ1) is 42.2. The molecule has 1 unspecified atom stereocenters. The Morgan fingerprint density at radius 3 is 2.25 bits per heavy atom. The van der Waals surface area contributed by atoms with E-state index in [2.05, 4.69) is 20.8 Å². The van der Waals surface area contributed by atoms with Gasteiger partial charge in [-0.25, -0.2) is 28.6 Å². The molecule has 1 aromatic carbocycles. The number of carboxylic acids is 1. The van der Waals surface area contributed by atoms with E-state index >= 15 is 4.39 Å². The van der Waals surface area contributed by atoms with Crippen molar-refractivity contribution in [2.45, 2.75) is 98.2 Å². The first-order chi connectivity index (χ1) is 24.5. The number of esters is 1. The van der Waals surface area contributed by atoms with Gasteiger partial charge in [-0.3, -0.25) is 5.32 Å². The Labute approximate surface area is 311 Å². The molecule has 0 spiro atoms. The lowest BCUT2D eigenvalue weighted by molar-refractivity contribution is -0.753. The van der Waals surface area contributed by atoms with Gasteiger partial charge >= 0.3 is 24.1 Å². The Hall–Kier alpha value is -5.26. The second kappa shape index (κ2) is 17.5. The quantitative estimate of drug-likeness (QED) is 0.0474. The van der Waals surface area contributed by atoms with Gasteiger partial charge < -0.3 is 34.2 Å². The van der Waals surface area contributed by atoms with Crippen molar-refractivity contribution in [3.05, 3.63) is 47.5 Å². The van der Waals surface area contributed by atoms with Crippen LogP contribution < -0.4 is 20.1 Å². The second-order valence-electron chi connectivity index (χ2n) is 14.7. The molecule has 0 saturated heterocycles. The summed E-state index contributed by atoms with van der Waals surface area (Å²) in [5, 5.41) is 20.0. The second-order valence-corrected chi connectivity index (χ2v) is 15.6. The van der Waals surface area contributed by atoms with Crippen LogP contribution in [0.2, 0.25) is 0 Å². The molecule has 3 aromatic rings. The summed E-state index contributed by atoms with van der Waals surface area (Å²) < 4.78 is 40.6. The molecule has 0 aliphatic carbocycles. The van der Waals surface area contributed by atoms with E-state index < -0.39 is 65.2 Å². The monoisotopic (exact) mass is 763 g/mol. The molecule has 2 aromatic heterocycles. The molecule has 290 valence electrons. The fraction of sp³-hybridized carbons (Fsp3) is 0.514. The molecule has 0 aliphatic heterocycles. The van der Waals surface area contributed by atoms with Gasteiger partial charge in [-0.15, -0.1) is 16.0 Å². The Bertz CT molecular complexity index is 1800. The summed E-state index contributed by atoms with van der Waals surface area (Å²) in [6, 6.07) is 4.17. The SMILES string of the molecule is C[n+]1cc(-c2ccc(OCC(O/N=C(\C(=O)O)c3csc(NC(=O)OC(C)(C)C)n3)C(=O)OC(C)(C)C)cc2F)cn1CCCNC(=O)OC(C)(C)C. The third-order valence-corrected chi connectivity index (χ3v) is 7.16. The minimum absolute atomic E-state index is 0.0404. The minimum atomic E-state index is -1.57. The van der Waals surface area contributed by atoms with Gasteiger partial charge in [0.15, 0.2) is 12.2 Å². The molecule has 18 heteroatoms. The number of thiazole rings is 1. The zero-order chi connectivity index (χ0) is 39.7. The standard InChI is InChI=1S/C35H47FN6O10S/c1-33(2,3)49-29(45)26(52-40-27(28(43)44)25-20-53-30(38-25)39-32(47)51-35(7,8)9)19-48-22-12-13-23(24(36)16-22)21-17-41(10)42(18-21)15-11-14-37-31(46)50-34(4,5)6/h12-13,16-18,20,26H,11,14-15,19H2,1-10H3,(H2-,37,38,39,43,44,46,47)/p+1/b40-27-. The smallest absolute Gasteiger partial charge is 0.413 e. The van der Waals surface area contributed by atoms with Crippen molar-refractivity contribution < 1.29 is 57.1 Å². The number of nitrogens with one attached hydrogen (secondary N) is 2. The first-order valence-electron chi connectivity index (χ1n) is 16.6. The number of amides is 2. The summed E-state index contributed by atoms with van der Waals surface area (Å²) in [6.45, 7) is 15.7. The number of ether oxygens (including phenoxy) is 4. The highest BCUT2D eigenvalue weighted by Crippen LogP contribution is 2.26. The molecule has 0 bridgehead atoms.